The fourth-order valence-corrected chi connectivity index (χ4v) is 2.72. The maximum Gasteiger partial charge on any atom is 0.132 e. The van der Waals surface area contributed by atoms with Gasteiger partial charge < -0.3 is 10.5 Å². The van der Waals surface area contributed by atoms with Gasteiger partial charge >= 0.3 is 0 Å². The smallest absolute Gasteiger partial charge is 0.132 e. The van der Waals surface area contributed by atoms with Crippen LogP contribution in [0.5, 0.6) is 5.75 Å². The van der Waals surface area contributed by atoms with E-state index in [0.29, 0.717) is 13.2 Å². The standard InChI is InChI=1S/C18H28N4O/c1-4-5-6-7-11-22-17(16(12-19)20-21-22)13-23-18-14(2)9-8-10-15(18)3/h8-10H,4-7,11-13,19H2,1-3H3. The van der Waals surface area contributed by atoms with Crippen molar-refractivity contribution in [2.24, 2.45) is 5.73 Å². The molecule has 5 nitrogen and oxygen atoms in total. The van der Waals surface area contributed by atoms with E-state index in [9.17, 15) is 0 Å². The van der Waals surface area contributed by atoms with Gasteiger partial charge in [-0.1, -0.05) is 49.6 Å². The van der Waals surface area contributed by atoms with Gasteiger partial charge in [-0.25, -0.2) is 4.68 Å². The predicted molar refractivity (Wildman–Crippen MR) is 92.3 cm³/mol. The summed E-state index contributed by atoms with van der Waals surface area (Å²) in [5, 5.41) is 8.45. The van der Waals surface area contributed by atoms with Gasteiger partial charge in [0, 0.05) is 13.1 Å². The first-order valence-electron chi connectivity index (χ1n) is 8.47. The van der Waals surface area contributed by atoms with E-state index >= 15 is 0 Å². The van der Waals surface area contributed by atoms with Crippen molar-refractivity contribution in [2.45, 2.75) is 66.2 Å². The van der Waals surface area contributed by atoms with Crippen molar-refractivity contribution in [1.82, 2.24) is 15.0 Å². The molecule has 0 radical (unpaired) electrons. The summed E-state index contributed by atoms with van der Waals surface area (Å²) in [6.45, 7) is 8.06. The van der Waals surface area contributed by atoms with Crippen molar-refractivity contribution in [2.75, 3.05) is 0 Å². The molecule has 2 aromatic rings. The fraction of sp³-hybridized carbons (Fsp3) is 0.556. The Morgan fingerprint density at radius 2 is 1.87 bits per heavy atom. The number of aromatic nitrogens is 3. The van der Waals surface area contributed by atoms with Crippen LogP contribution in [0.3, 0.4) is 0 Å². The molecule has 1 aromatic carbocycles. The molecular weight excluding hydrogens is 288 g/mol. The summed E-state index contributed by atoms with van der Waals surface area (Å²) in [5.41, 5.74) is 9.90. The molecule has 2 N–H and O–H groups in total. The van der Waals surface area contributed by atoms with Crippen molar-refractivity contribution in [3.63, 3.8) is 0 Å². The van der Waals surface area contributed by atoms with E-state index in [1.807, 2.05) is 10.7 Å². The molecule has 0 fully saturated rings. The van der Waals surface area contributed by atoms with E-state index in [1.165, 1.54) is 19.3 Å². The normalized spacial score (nSPS) is 11.0. The van der Waals surface area contributed by atoms with Gasteiger partial charge in [0.1, 0.15) is 23.7 Å². The Bertz CT molecular complexity index is 601. The molecule has 0 amide bonds. The monoisotopic (exact) mass is 316 g/mol. The van der Waals surface area contributed by atoms with Gasteiger partial charge in [0.2, 0.25) is 0 Å². The second-order valence-corrected chi connectivity index (χ2v) is 5.98. The van der Waals surface area contributed by atoms with Crippen LogP contribution in [0.2, 0.25) is 0 Å². The second-order valence-electron chi connectivity index (χ2n) is 5.98. The molecule has 0 unspecified atom stereocenters. The highest BCUT2D eigenvalue weighted by Gasteiger charge is 2.13. The highest BCUT2D eigenvalue weighted by molar-refractivity contribution is 5.39. The predicted octanol–water partition coefficient (Wildman–Crippen LogP) is 3.51. The number of rotatable bonds is 9. The van der Waals surface area contributed by atoms with Crippen molar-refractivity contribution in [3.8, 4) is 5.75 Å². The summed E-state index contributed by atoms with van der Waals surface area (Å²) >= 11 is 0. The van der Waals surface area contributed by atoms with Crippen LogP contribution in [-0.2, 0) is 19.7 Å². The summed E-state index contributed by atoms with van der Waals surface area (Å²) < 4.78 is 8.02. The number of hydrogen-bond donors (Lipinski definition) is 1. The molecule has 0 bridgehead atoms. The zero-order valence-electron chi connectivity index (χ0n) is 14.5. The molecule has 23 heavy (non-hydrogen) atoms. The van der Waals surface area contributed by atoms with Gasteiger partial charge in [-0.15, -0.1) is 5.10 Å². The van der Waals surface area contributed by atoms with Crippen LogP contribution < -0.4 is 10.5 Å². The van der Waals surface area contributed by atoms with E-state index in [1.54, 1.807) is 0 Å². The third-order valence-corrected chi connectivity index (χ3v) is 4.10. The minimum atomic E-state index is 0.389. The van der Waals surface area contributed by atoms with Gasteiger partial charge in [-0.2, -0.15) is 0 Å². The molecule has 2 rings (SSSR count). The molecule has 126 valence electrons. The number of nitrogens with zero attached hydrogens (tertiary/aromatic N) is 3. The first-order chi connectivity index (χ1) is 11.2. The highest BCUT2D eigenvalue weighted by Crippen LogP contribution is 2.23. The lowest BCUT2D eigenvalue weighted by molar-refractivity contribution is 0.285. The number of aryl methyl sites for hydroxylation is 3. The van der Waals surface area contributed by atoms with Crippen LogP contribution in [0.4, 0.5) is 0 Å². The van der Waals surface area contributed by atoms with Crippen molar-refractivity contribution < 1.29 is 4.74 Å². The number of para-hydroxylation sites is 1. The second kappa shape index (κ2) is 8.67. The first kappa shape index (κ1) is 17.5. The average Bonchev–Trinajstić information content (AvgIpc) is 2.93. The van der Waals surface area contributed by atoms with Crippen LogP contribution in [0.25, 0.3) is 0 Å². The molecule has 0 atom stereocenters. The van der Waals surface area contributed by atoms with E-state index in [0.717, 1.165) is 41.2 Å². The zero-order chi connectivity index (χ0) is 16.7. The van der Waals surface area contributed by atoms with Crippen LogP contribution in [0.15, 0.2) is 18.2 Å². The Kier molecular flexibility index (Phi) is 6.59. The van der Waals surface area contributed by atoms with Crippen molar-refractivity contribution in [1.29, 1.82) is 0 Å². The lowest BCUT2D eigenvalue weighted by atomic mass is 10.1. The summed E-state index contributed by atoms with van der Waals surface area (Å²) in [6.07, 6.45) is 4.81. The van der Waals surface area contributed by atoms with Crippen LogP contribution in [-0.4, -0.2) is 15.0 Å². The van der Waals surface area contributed by atoms with E-state index < -0.39 is 0 Å². The van der Waals surface area contributed by atoms with E-state index in [-0.39, 0.29) is 0 Å². The number of unbranched alkanes of at least 4 members (excludes halogenated alkanes) is 3. The number of ether oxygens (including phenoxy) is 1. The van der Waals surface area contributed by atoms with Crippen LogP contribution in [0.1, 0.15) is 55.1 Å². The molecule has 0 aliphatic rings. The zero-order valence-corrected chi connectivity index (χ0v) is 14.5. The minimum absolute atomic E-state index is 0.389. The van der Waals surface area contributed by atoms with Gasteiger partial charge in [0.05, 0.1) is 0 Å². The summed E-state index contributed by atoms with van der Waals surface area (Å²) in [4.78, 5) is 0. The molecule has 1 aromatic heterocycles. The molecular formula is C18H28N4O. The first-order valence-corrected chi connectivity index (χ1v) is 8.47. The Labute approximate surface area is 138 Å². The van der Waals surface area contributed by atoms with Crippen LogP contribution >= 0.6 is 0 Å². The van der Waals surface area contributed by atoms with E-state index in [2.05, 4.69) is 43.2 Å². The van der Waals surface area contributed by atoms with Gasteiger partial charge in [0.15, 0.2) is 0 Å². The number of nitrogens with two attached hydrogens (primary N) is 1. The number of benzene rings is 1. The third-order valence-electron chi connectivity index (χ3n) is 4.10. The maximum atomic E-state index is 6.07. The Balaban J connectivity index is 2.07. The topological polar surface area (TPSA) is 66.0 Å². The molecule has 0 aliphatic heterocycles. The van der Waals surface area contributed by atoms with Gasteiger partial charge in [-0.05, 0) is 31.4 Å². The average molecular weight is 316 g/mol. The van der Waals surface area contributed by atoms with E-state index in [4.69, 9.17) is 10.5 Å². The quantitative estimate of drug-likeness (QED) is 0.719. The van der Waals surface area contributed by atoms with Crippen molar-refractivity contribution in [3.05, 3.63) is 40.7 Å². The van der Waals surface area contributed by atoms with Crippen LogP contribution in [0, 0.1) is 13.8 Å². The molecule has 5 heteroatoms. The highest BCUT2D eigenvalue weighted by atomic mass is 16.5. The molecule has 1 heterocycles. The maximum absolute atomic E-state index is 6.07. The molecule has 0 saturated carbocycles. The summed E-state index contributed by atoms with van der Waals surface area (Å²) in [7, 11) is 0. The van der Waals surface area contributed by atoms with Crippen molar-refractivity contribution >= 4 is 0 Å². The summed E-state index contributed by atoms with van der Waals surface area (Å²) in [6, 6.07) is 6.17. The van der Waals surface area contributed by atoms with Gasteiger partial charge in [-0.3, -0.25) is 0 Å². The van der Waals surface area contributed by atoms with Gasteiger partial charge in [0.25, 0.3) is 0 Å². The fourth-order valence-electron chi connectivity index (χ4n) is 2.72. The lowest BCUT2D eigenvalue weighted by Gasteiger charge is -2.13. The molecule has 0 spiro atoms. The Morgan fingerprint density at radius 1 is 1.13 bits per heavy atom. The lowest BCUT2D eigenvalue weighted by Crippen LogP contribution is -2.11. The molecule has 0 aliphatic carbocycles. The minimum Gasteiger partial charge on any atom is -0.487 e. The largest absolute Gasteiger partial charge is 0.487 e. The Hall–Kier alpha value is -1.88. The molecule has 0 saturated heterocycles. The summed E-state index contributed by atoms with van der Waals surface area (Å²) in [5.74, 6) is 0.939. The third kappa shape index (κ3) is 4.55. The Morgan fingerprint density at radius 3 is 2.52 bits per heavy atom. The number of hydrogen-bond acceptors (Lipinski definition) is 4. The SMILES string of the molecule is CCCCCCn1nnc(CN)c1COc1c(C)cccc1C.